The smallest absolute Gasteiger partial charge is 0.348 e. The Labute approximate surface area is 155 Å². The number of hydrogen-bond acceptors (Lipinski definition) is 5. The quantitative estimate of drug-likeness (QED) is 0.684. The van der Waals surface area contributed by atoms with Gasteiger partial charge in [-0.05, 0) is 24.3 Å². The zero-order valence-electron chi connectivity index (χ0n) is 14.3. The van der Waals surface area contributed by atoms with Crippen molar-refractivity contribution in [3.8, 4) is 22.8 Å². The number of carboxylic acids is 1. The summed E-state index contributed by atoms with van der Waals surface area (Å²) in [4.78, 5) is 16.3. The molecule has 3 rings (SSSR count). The van der Waals surface area contributed by atoms with Crippen LogP contribution >= 0.6 is 11.3 Å². The molecule has 0 aliphatic rings. The lowest BCUT2D eigenvalue weighted by Gasteiger charge is -2.06. The van der Waals surface area contributed by atoms with Crippen LogP contribution in [0.4, 0.5) is 0 Å². The maximum absolute atomic E-state index is 11.6. The van der Waals surface area contributed by atoms with E-state index in [0.29, 0.717) is 22.2 Å². The number of methoxy groups -OCH3 is 2. The first-order valence-electron chi connectivity index (χ1n) is 7.82. The molecule has 1 heterocycles. The Kier molecular flexibility index (Phi) is 5.34. The number of ether oxygens (including phenoxy) is 2. The van der Waals surface area contributed by atoms with E-state index in [4.69, 9.17) is 9.47 Å². The summed E-state index contributed by atoms with van der Waals surface area (Å²) >= 11 is 1.14. The van der Waals surface area contributed by atoms with Gasteiger partial charge in [0, 0.05) is 17.2 Å². The van der Waals surface area contributed by atoms with Crippen molar-refractivity contribution in [1.29, 1.82) is 0 Å². The Balaban J connectivity index is 1.96. The summed E-state index contributed by atoms with van der Waals surface area (Å²) in [5, 5.41) is 10.1. The molecule has 1 N–H and O–H groups in total. The fraction of sp³-hybridized carbons (Fsp3) is 0.100. The van der Waals surface area contributed by atoms with Crippen LogP contribution in [0.25, 0.3) is 23.4 Å². The van der Waals surface area contributed by atoms with Gasteiger partial charge in [-0.3, -0.25) is 0 Å². The minimum absolute atomic E-state index is 0.220. The van der Waals surface area contributed by atoms with Crippen molar-refractivity contribution in [2.75, 3.05) is 14.2 Å². The molecule has 3 aromatic rings. The monoisotopic (exact) mass is 367 g/mol. The highest BCUT2D eigenvalue weighted by atomic mass is 32.1. The highest BCUT2D eigenvalue weighted by Crippen LogP contribution is 2.31. The van der Waals surface area contributed by atoms with Crippen LogP contribution in [-0.2, 0) is 0 Å². The molecule has 0 spiro atoms. The van der Waals surface area contributed by atoms with Crippen molar-refractivity contribution in [3.63, 3.8) is 0 Å². The first kappa shape index (κ1) is 17.7. The van der Waals surface area contributed by atoms with E-state index in [-0.39, 0.29) is 4.88 Å². The largest absolute Gasteiger partial charge is 0.497 e. The van der Waals surface area contributed by atoms with Crippen LogP contribution in [0.2, 0.25) is 0 Å². The maximum atomic E-state index is 11.6. The normalized spacial score (nSPS) is 10.8. The van der Waals surface area contributed by atoms with Crippen molar-refractivity contribution in [1.82, 2.24) is 4.98 Å². The third kappa shape index (κ3) is 3.75. The van der Waals surface area contributed by atoms with Gasteiger partial charge in [-0.1, -0.05) is 30.3 Å². The topological polar surface area (TPSA) is 68.7 Å². The van der Waals surface area contributed by atoms with Gasteiger partial charge in [0.1, 0.15) is 21.4 Å². The van der Waals surface area contributed by atoms with Crippen LogP contribution in [0.15, 0.2) is 48.5 Å². The van der Waals surface area contributed by atoms with Crippen molar-refractivity contribution in [3.05, 3.63) is 64.0 Å². The molecular weight excluding hydrogens is 350 g/mol. The van der Waals surface area contributed by atoms with Crippen LogP contribution in [0.1, 0.15) is 20.2 Å². The number of carbonyl (C=O) groups is 1. The van der Waals surface area contributed by atoms with E-state index in [0.717, 1.165) is 22.5 Å². The Morgan fingerprint density at radius 2 is 1.85 bits per heavy atom. The Bertz CT molecular complexity index is 948. The first-order valence-corrected chi connectivity index (χ1v) is 8.63. The molecule has 0 amide bonds. The lowest BCUT2D eigenvalue weighted by Crippen LogP contribution is -1.95. The second-order valence-corrected chi connectivity index (χ2v) is 6.37. The highest BCUT2D eigenvalue weighted by Gasteiger charge is 2.17. The number of aromatic nitrogens is 1. The Morgan fingerprint density at radius 3 is 2.50 bits per heavy atom. The number of hydrogen-bond donors (Lipinski definition) is 1. The average Bonchev–Trinajstić information content (AvgIpc) is 3.11. The molecule has 0 radical (unpaired) electrons. The predicted molar refractivity (Wildman–Crippen MR) is 103 cm³/mol. The van der Waals surface area contributed by atoms with E-state index in [1.54, 1.807) is 26.4 Å². The lowest BCUT2D eigenvalue weighted by atomic mass is 10.1. The number of rotatable bonds is 6. The number of benzene rings is 2. The van der Waals surface area contributed by atoms with E-state index in [1.807, 2.05) is 48.5 Å². The second kappa shape index (κ2) is 7.84. The Morgan fingerprint density at radius 1 is 1.08 bits per heavy atom. The van der Waals surface area contributed by atoms with E-state index < -0.39 is 5.97 Å². The zero-order chi connectivity index (χ0) is 18.5. The predicted octanol–water partition coefficient (Wildman–Crippen LogP) is 4.70. The number of aromatic carboxylic acids is 1. The number of carboxylic acid groups (broad SMARTS) is 1. The molecule has 0 aliphatic heterocycles. The van der Waals surface area contributed by atoms with Crippen molar-refractivity contribution in [2.24, 2.45) is 0 Å². The zero-order valence-corrected chi connectivity index (χ0v) is 15.1. The summed E-state index contributed by atoms with van der Waals surface area (Å²) in [6.07, 6.45) is 3.63. The van der Waals surface area contributed by atoms with Crippen LogP contribution in [0.3, 0.4) is 0 Å². The van der Waals surface area contributed by atoms with Gasteiger partial charge in [0.15, 0.2) is 0 Å². The van der Waals surface area contributed by atoms with E-state index in [1.165, 1.54) is 0 Å². The van der Waals surface area contributed by atoms with Gasteiger partial charge in [-0.25, -0.2) is 9.78 Å². The molecule has 0 atom stereocenters. The summed E-state index contributed by atoms with van der Waals surface area (Å²) < 4.78 is 10.6. The molecule has 0 saturated carbocycles. The third-order valence-electron chi connectivity index (χ3n) is 3.73. The van der Waals surface area contributed by atoms with Gasteiger partial charge < -0.3 is 14.6 Å². The number of thiazole rings is 1. The summed E-state index contributed by atoms with van der Waals surface area (Å²) in [7, 11) is 3.18. The van der Waals surface area contributed by atoms with Crippen molar-refractivity contribution >= 4 is 29.5 Å². The molecule has 0 saturated heterocycles. The summed E-state index contributed by atoms with van der Waals surface area (Å²) in [5.41, 5.74) is 2.11. The van der Waals surface area contributed by atoms with Crippen LogP contribution in [0.5, 0.6) is 11.5 Å². The van der Waals surface area contributed by atoms with Gasteiger partial charge in [-0.15, -0.1) is 11.3 Å². The molecule has 6 heteroatoms. The lowest BCUT2D eigenvalue weighted by molar-refractivity contribution is 0.0702. The highest BCUT2D eigenvalue weighted by molar-refractivity contribution is 7.15. The van der Waals surface area contributed by atoms with E-state index >= 15 is 0 Å². The maximum Gasteiger partial charge on any atom is 0.348 e. The second-order valence-electron chi connectivity index (χ2n) is 5.34. The minimum atomic E-state index is -0.983. The first-order chi connectivity index (χ1) is 12.6. The average molecular weight is 367 g/mol. The SMILES string of the molecule is COc1ccc(/C=C/c2nc(-c3ccccc3)c(C(=O)O)s2)c(OC)c1. The molecule has 0 aliphatic carbocycles. The van der Waals surface area contributed by atoms with Gasteiger partial charge in [0.2, 0.25) is 0 Å². The standard InChI is InChI=1S/C20H17NO4S/c1-24-15-10-8-13(16(12-15)25-2)9-11-17-21-18(19(26-17)20(22)23)14-6-4-3-5-7-14/h3-12H,1-2H3,(H,22,23)/b11-9+. The third-order valence-corrected chi connectivity index (χ3v) is 4.74. The van der Waals surface area contributed by atoms with Crippen LogP contribution < -0.4 is 9.47 Å². The van der Waals surface area contributed by atoms with Gasteiger partial charge >= 0.3 is 5.97 Å². The molecule has 0 bridgehead atoms. The molecule has 132 valence electrons. The summed E-state index contributed by atoms with van der Waals surface area (Å²) in [5.74, 6) is 0.384. The van der Waals surface area contributed by atoms with E-state index in [9.17, 15) is 9.90 Å². The van der Waals surface area contributed by atoms with Gasteiger partial charge in [0.25, 0.3) is 0 Å². The van der Waals surface area contributed by atoms with E-state index in [2.05, 4.69) is 4.98 Å². The van der Waals surface area contributed by atoms with Crippen molar-refractivity contribution < 1.29 is 19.4 Å². The molecule has 0 fully saturated rings. The van der Waals surface area contributed by atoms with Crippen LogP contribution in [-0.4, -0.2) is 30.3 Å². The van der Waals surface area contributed by atoms with Crippen molar-refractivity contribution in [2.45, 2.75) is 0 Å². The van der Waals surface area contributed by atoms with Gasteiger partial charge in [-0.2, -0.15) is 0 Å². The number of nitrogens with zero attached hydrogens (tertiary/aromatic N) is 1. The fourth-order valence-electron chi connectivity index (χ4n) is 2.46. The molecule has 5 nitrogen and oxygen atoms in total. The molecule has 1 aromatic heterocycles. The molecular formula is C20H17NO4S. The molecule has 26 heavy (non-hydrogen) atoms. The minimum Gasteiger partial charge on any atom is -0.497 e. The fourth-order valence-corrected chi connectivity index (χ4v) is 3.29. The van der Waals surface area contributed by atoms with Crippen LogP contribution in [0, 0.1) is 0 Å². The molecule has 2 aromatic carbocycles. The summed E-state index contributed by atoms with van der Waals surface area (Å²) in [6, 6.07) is 14.8. The summed E-state index contributed by atoms with van der Waals surface area (Å²) in [6.45, 7) is 0. The van der Waals surface area contributed by atoms with Gasteiger partial charge in [0.05, 0.1) is 19.9 Å². The molecule has 0 unspecified atom stereocenters. The Hall–Kier alpha value is -3.12.